The molecule has 0 N–H and O–H groups in total. The number of nitrogens with zero attached hydrogens (tertiary/aromatic N) is 1. The van der Waals surface area contributed by atoms with Crippen LogP contribution in [0.15, 0.2) is 0 Å². The molecular formula is C7H11NO4. The second kappa shape index (κ2) is 6.46. The van der Waals surface area contributed by atoms with E-state index < -0.39 is 6.09 Å². The van der Waals surface area contributed by atoms with Gasteiger partial charge in [0, 0.05) is 0 Å². The normalized spacial score (nSPS) is 8.75. The van der Waals surface area contributed by atoms with Crippen molar-refractivity contribution in [1.82, 2.24) is 5.06 Å². The van der Waals surface area contributed by atoms with E-state index in [1.54, 1.807) is 0 Å². The van der Waals surface area contributed by atoms with E-state index in [0.717, 1.165) is 5.06 Å². The molecule has 0 radical (unpaired) electrons. The third-order valence-corrected chi connectivity index (χ3v) is 0.993. The van der Waals surface area contributed by atoms with Crippen LogP contribution in [0.1, 0.15) is 0 Å². The smallest absolute Gasteiger partial charge is 0.435 e. The van der Waals surface area contributed by atoms with E-state index in [-0.39, 0.29) is 13.3 Å². The number of terminal acetylenes is 1. The predicted molar refractivity (Wildman–Crippen MR) is 40.9 cm³/mol. The number of methoxy groups -OCH3 is 1. The summed E-state index contributed by atoms with van der Waals surface area (Å²) in [4.78, 5) is 15.4. The number of ether oxygens (including phenoxy) is 2. The number of amides is 1. The lowest BCUT2D eigenvalue weighted by molar-refractivity contribution is -0.158. The summed E-state index contributed by atoms with van der Waals surface area (Å²) in [6, 6.07) is 0. The molecule has 0 spiro atoms. The van der Waals surface area contributed by atoms with Crippen molar-refractivity contribution in [3.8, 4) is 12.3 Å². The minimum atomic E-state index is -0.630. The first-order valence-corrected chi connectivity index (χ1v) is 3.17. The van der Waals surface area contributed by atoms with Gasteiger partial charge >= 0.3 is 6.09 Å². The molecule has 12 heavy (non-hydrogen) atoms. The van der Waals surface area contributed by atoms with Gasteiger partial charge in [0.2, 0.25) is 0 Å². The van der Waals surface area contributed by atoms with Crippen LogP contribution < -0.4 is 0 Å². The minimum Gasteiger partial charge on any atom is -0.451 e. The van der Waals surface area contributed by atoms with Gasteiger partial charge in [-0.1, -0.05) is 5.92 Å². The van der Waals surface area contributed by atoms with Crippen LogP contribution in [0.25, 0.3) is 0 Å². The van der Waals surface area contributed by atoms with Gasteiger partial charge in [-0.15, -0.1) is 6.42 Å². The van der Waals surface area contributed by atoms with Gasteiger partial charge in [-0.25, -0.2) is 4.79 Å². The van der Waals surface area contributed by atoms with Crippen LogP contribution in [-0.2, 0) is 14.3 Å². The van der Waals surface area contributed by atoms with Crippen LogP contribution in [0.3, 0.4) is 0 Å². The number of hydrogen-bond donors (Lipinski definition) is 0. The zero-order chi connectivity index (χ0) is 9.40. The maximum absolute atomic E-state index is 10.8. The minimum absolute atomic E-state index is 0.0482. The second-order valence-corrected chi connectivity index (χ2v) is 1.71. The van der Waals surface area contributed by atoms with Gasteiger partial charge in [0.1, 0.15) is 6.61 Å². The van der Waals surface area contributed by atoms with Crippen molar-refractivity contribution in [2.45, 2.75) is 0 Å². The van der Waals surface area contributed by atoms with Crippen LogP contribution in [0.5, 0.6) is 0 Å². The van der Waals surface area contributed by atoms with E-state index in [9.17, 15) is 4.79 Å². The fraction of sp³-hybridized carbons (Fsp3) is 0.571. The highest BCUT2D eigenvalue weighted by Crippen LogP contribution is 1.92. The van der Waals surface area contributed by atoms with Crippen LogP contribution in [0.2, 0.25) is 0 Å². The van der Waals surface area contributed by atoms with Crippen molar-refractivity contribution in [2.24, 2.45) is 0 Å². The summed E-state index contributed by atoms with van der Waals surface area (Å²) in [6.07, 6.45) is 4.28. The number of hydrogen-bond acceptors (Lipinski definition) is 4. The molecule has 0 fully saturated rings. The highest BCUT2D eigenvalue weighted by atomic mass is 16.7. The third kappa shape index (κ3) is 3.81. The van der Waals surface area contributed by atoms with Crippen molar-refractivity contribution < 1.29 is 19.1 Å². The molecule has 0 atom stereocenters. The Kier molecular flexibility index (Phi) is 5.79. The van der Waals surface area contributed by atoms with Gasteiger partial charge in [0.25, 0.3) is 0 Å². The molecule has 0 aromatic carbocycles. The summed E-state index contributed by atoms with van der Waals surface area (Å²) >= 11 is 0. The molecule has 68 valence electrons. The van der Waals surface area contributed by atoms with Crippen molar-refractivity contribution in [2.75, 3.05) is 27.6 Å². The Morgan fingerprint density at radius 2 is 2.25 bits per heavy atom. The molecule has 0 heterocycles. The zero-order valence-electron chi connectivity index (χ0n) is 7.07. The standard InChI is InChI=1S/C7H11NO4/c1-4-5-12-6-8(11-3)7(9)10-2/h1H,5-6H2,2-3H3. The molecule has 0 aliphatic carbocycles. The first-order valence-electron chi connectivity index (χ1n) is 3.17. The van der Waals surface area contributed by atoms with E-state index in [1.165, 1.54) is 14.2 Å². The maximum atomic E-state index is 10.8. The highest BCUT2D eigenvalue weighted by Gasteiger charge is 2.11. The van der Waals surface area contributed by atoms with E-state index in [0.29, 0.717) is 0 Å². The lowest BCUT2D eigenvalue weighted by atomic mass is 10.8. The predicted octanol–water partition coefficient (Wildman–Crippen LogP) is 0.224. The van der Waals surface area contributed by atoms with E-state index in [2.05, 4.69) is 15.5 Å². The zero-order valence-corrected chi connectivity index (χ0v) is 7.07. The molecule has 5 nitrogen and oxygen atoms in total. The Hall–Kier alpha value is -1.25. The summed E-state index contributed by atoms with van der Waals surface area (Å²) in [5.41, 5.74) is 0. The molecular weight excluding hydrogens is 162 g/mol. The summed E-state index contributed by atoms with van der Waals surface area (Å²) in [7, 11) is 2.58. The van der Waals surface area contributed by atoms with E-state index in [1.807, 2.05) is 0 Å². The van der Waals surface area contributed by atoms with Gasteiger partial charge in [0.05, 0.1) is 14.2 Å². The van der Waals surface area contributed by atoms with Gasteiger partial charge in [-0.3, -0.25) is 4.84 Å². The molecule has 0 aromatic rings. The number of rotatable bonds is 4. The summed E-state index contributed by atoms with van der Waals surface area (Å²) in [5, 5.41) is 0.900. The second-order valence-electron chi connectivity index (χ2n) is 1.71. The van der Waals surface area contributed by atoms with Gasteiger partial charge < -0.3 is 9.47 Å². The monoisotopic (exact) mass is 173 g/mol. The SMILES string of the molecule is C#CCOCN(OC)C(=O)OC. The van der Waals surface area contributed by atoms with E-state index >= 15 is 0 Å². The summed E-state index contributed by atoms with van der Waals surface area (Å²) in [5.74, 6) is 2.25. The largest absolute Gasteiger partial charge is 0.451 e. The molecule has 0 aromatic heterocycles. The number of carbonyl (C=O) groups is 1. The molecule has 1 amide bonds. The summed E-state index contributed by atoms with van der Waals surface area (Å²) in [6.45, 7) is 0.0736. The summed E-state index contributed by atoms with van der Waals surface area (Å²) < 4.78 is 9.19. The molecule has 5 heteroatoms. The lowest BCUT2D eigenvalue weighted by Crippen LogP contribution is -2.32. The third-order valence-electron chi connectivity index (χ3n) is 0.993. The van der Waals surface area contributed by atoms with Crippen molar-refractivity contribution in [3.05, 3.63) is 0 Å². The Bertz CT molecular complexity index is 175. The van der Waals surface area contributed by atoms with Crippen LogP contribution in [0, 0.1) is 12.3 Å². The van der Waals surface area contributed by atoms with Gasteiger partial charge in [-0.05, 0) is 0 Å². The Labute approximate surface area is 71.1 Å². The first-order chi connectivity index (χ1) is 5.76. The van der Waals surface area contributed by atoms with Crippen LogP contribution in [-0.4, -0.2) is 38.7 Å². The van der Waals surface area contributed by atoms with Gasteiger partial charge in [-0.2, -0.15) is 5.06 Å². The molecule has 0 aliphatic rings. The van der Waals surface area contributed by atoms with Crippen molar-refractivity contribution in [1.29, 1.82) is 0 Å². The fourth-order valence-electron chi connectivity index (χ4n) is 0.469. The Morgan fingerprint density at radius 1 is 1.58 bits per heavy atom. The van der Waals surface area contributed by atoms with Crippen molar-refractivity contribution >= 4 is 6.09 Å². The molecule has 0 aliphatic heterocycles. The van der Waals surface area contributed by atoms with Crippen LogP contribution in [0.4, 0.5) is 4.79 Å². The van der Waals surface area contributed by atoms with Crippen LogP contribution >= 0.6 is 0 Å². The highest BCUT2D eigenvalue weighted by molar-refractivity contribution is 5.65. The topological polar surface area (TPSA) is 48.0 Å². The average molecular weight is 173 g/mol. The fourth-order valence-corrected chi connectivity index (χ4v) is 0.469. The maximum Gasteiger partial charge on any atom is 0.435 e. The molecule has 0 rings (SSSR count). The molecule has 0 bridgehead atoms. The van der Waals surface area contributed by atoms with Gasteiger partial charge in [0.15, 0.2) is 6.73 Å². The number of carbonyl (C=O) groups excluding carboxylic acids is 1. The lowest BCUT2D eigenvalue weighted by Gasteiger charge is -2.16. The molecule has 0 saturated carbocycles. The molecule has 0 saturated heterocycles. The Morgan fingerprint density at radius 3 is 2.67 bits per heavy atom. The quantitative estimate of drug-likeness (QED) is 0.264. The number of hydroxylamine groups is 2. The molecule has 0 unspecified atom stereocenters. The first kappa shape index (κ1) is 10.8. The van der Waals surface area contributed by atoms with E-state index in [4.69, 9.17) is 11.2 Å². The van der Waals surface area contributed by atoms with Crippen molar-refractivity contribution in [3.63, 3.8) is 0 Å². The average Bonchev–Trinajstić information content (AvgIpc) is 2.11. The Balaban J connectivity index is 3.69.